The summed E-state index contributed by atoms with van der Waals surface area (Å²) in [5, 5.41) is 0. The number of carbonyl (C=O) groups is 1. The molecule has 1 amide bonds. The molecule has 0 aromatic rings. The standard InChI is InChI=1S/C11H19N3O/c12-11(9-4-5-9)13-8-10(15)14-6-2-1-3-7-14/h9H,1-8H2,(H2,12,13). The quantitative estimate of drug-likeness (QED) is 0.551. The van der Waals surface area contributed by atoms with Gasteiger partial charge in [-0.25, -0.2) is 0 Å². The summed E-state index contributed by atoms with van der Waals surface area (Å²) in [7, 11) is 0. The predicted molar refractivity (Wildman–Crippen MR) is 59.6 cm³/mol. The lowest BCUT2D eigenvalue weighted by Gasteiger charge is -2.26. The smallest absolute Gasteiger partial charge is 0.244 e. The molecule has 1 saturated heterocycles. The van der Waals surface area contributed by atoms with Gasteiger partial charge in [0, 0.05) is 19.0 Å². The Labute approximate surface area is 90.5 Å². The van der Waals surface area contributed by atoms with E-state index in [2.05, 4.69) is 4.99 Å². The highest BCUT2D eigenvalue weighted by Crippen LogP contribution is 2.28. The van der Waals surface area contributed by atoms with Gasteiger partial charge in [-0.05, 0) is 32.1 Å². The SMILES string of the molecule is NC(=NCC(=O)N1CCCCC1)C1CC1. The van der Waals surface area contributed by atoms with Gasteiger partial charge < -0.3 is 10.6 Å². The van der Waals surface area contributed by atoms with E-state index in [9.17, 15) is 4.79 Å². The lowest BCUT2D eigenvalue weighted by molar-refractivity contribution is -0.130. The Morgan fingerprint density at radius 2 is 1.93 bits per heavy atom. The number of hydrogen-bond acceptors (Lipinski definition) is 2. The molecule has 1 heterocycles. The Hall–Kier alpha value is -1.06. The van der Waals surface area contributed by atoms with E-state index in [1.54, 1.807) is 0 Å². The third-order valence-corrected chi connectivity index (χ3v) is 3.10. The summed E-state index contributed by atoms with van der Waals surface area (Å²) in [4.78, 5) is 17.8. The van der Waals surface area contributed by atoms with Gasteiger partial charge in [0.15, 0.2) is 0 Å². The molecule has 1 aliphatic heterocycles. The average molecular weight is 209 g/mol. The van der Waals surface area contributed by atoms with Crippen LogP contribution >= 0.6 is 0 Å². The second-order valence-electron chi connectivity index (χ2n) is 4.46. The molecule has 84 valence electrons. The van der Waals surface area contributed by atoms with Crippen molar-refractivity contribution in [3.8, 4) is 0 Å². The number of carbonyl (C=O) groups excluding carboxylic acids is 1. The summed E-state index contributed by atoms with van der Waals surface area (Å²) in [6.45, 7) is 2.05. The molecule has 4 heteroatoms. The largest absolute Gasteiger partial charge is 0.387 e. The lowest BCUT2D eigenvalue weighted by Crippen LogP contribution is -2.37. The zero-order valence-electron chi connectivity index (χ0n) is 9.11. The highest BCUT2D eigenvalue weighted by atomic mass is 16.2. The van der Waals surface area contributed by atoms with Crippen LogP contribution in [0.5, 0.6) is 0 Å². The van der Waals surface area contributed by atoms with Crippen molar-refractivity contribution in [1.82, 2.24) is 4.90 Å². The molecule has 0 atom stereocenters. The molecule has 2 aliphatic rings. The minimum Gasteiger partial charge on any atom is -0.387 e. The maximum absolute atomic E-state index is 11.7. The van der Waals surface area contributed by atoms with E-state index in [1.807, 2.05) is 4.90 Å². The minimum atomic E-state index is 0.137. The molecule has 1 saturated carbocycles. The fourth-order valence-corrected chi connectivity index (χ4v) is 1.91. The highest BCUT2D eigenvalue weighted by Gasteiger charge is 2.25. The Bertz CT molecular complexity index is 265. The summed E-state index contributed by atoms with van der Waals surface area (Å²) in [5.41, 5.74) is 5.74. The maximum atomic E-state index is 11.7. The molecule has 4 nitrogen and oxygen atoms in total. The second-order valence-corrected chi connectivity index (χ2v) is 4.46. The summed E-state index contributed by atoms with van der Waals surface area (Å²) in [6.07, 6.45) is 5.80. The number of likely N-dealkylation sites (tertiary alicyclic amines) is 1. The van der Waals surface area contributed by atoms with Crippen LogP contribution in [0, 0.1) is 5.92 Å². The highest BCUT2D eigenvalue weighted by molar-refractivity contribution is 5.88. The van der Waals surface area contributed by atoms with Gasteiger partial charge in [-0.15, -0.1) is 0 Å². The Kier molecular flexibility index (Phi) is 3.23. The van der Waals surface area contributed by atoms with Gasteiger partial charge in [-0.3, -0.25) is 9.79 Å². The first-order valence-corrected chi connectivity index (χ1v) is 5.85. The number of amidine groups is 1. The van der Waals surface area contributed by atoms with Gasteiger partial charge in [0.05, 0.1) is 5.84 Å². The van der Waals surface area contributed by atoms with Gasteiger partial charge >= 0.3 is 0 Å². The van der Waals surface area contributed by atoms with E-state index in [1.165, 1.54) is 6.42 Å². The van der Waals surface area contributed by atoms with Gasteiger partial charge in [-0.2, -0.15) is 0 Å². The van der Waals surface area contributed by atoms with Gasteiger partial charge in [-0.1, -0.05) is 0 Å². The molecule has 2 rings (SSSR count). The molecule has 0 spiro atoms. The second kappa shape index (κ2) is 4.64. The number of aliphatic imine (C=N–C) groups is 1. The molecule has 2 N–H and O–H groups in total. The van der Waals surface area contributed by atoms with Crippen LogP contribution in [0.1, 0.15) is 32.1 Å². The van der Waals surface area contributed by atoms with E-state index in [4.69, 9.17) is 5.73 Å². The minimum absolute atomic E-state index is 0.137. The van der Waals surface area contributed by atoms with Crippen LogP contribution in [-0.4, -0.2) is 36.3 Å². The summed E-state index contributed by atoms with van der Waals surface area (Å²) < 4.78 is 0. The number of nitrogens with two attached hydrogens (primary N) is 1. The maximum Gasteiger partial charge on any atom is 0.244 e. The van der Waals surface area contributed by atoms with E-state index in [0.717, 1.165) is 38.8 Å². The van der Waals surface area contributed by atoms with Gasteiger partial charge in [0.2, 0.25) is 5.91 Å². The van der Waals surface area contributed by atoms with Crippen molar-refractivity contribution in [2.45, 2.75) is 32.1 Å². The summed E-state index contributed by atoms with van der Waals surface area (Å²) in [6, 6.07) is 0. The molecule has 15 heavy (non-hydrogen) atoms. The van der Waals surface area contributed by atoms with Crippen molar-refractivity contribution in [3.63, 3.8) is 0 Å². The first-order valence-electron chi connectivity index (χ1n) is 5.85. The lowest BCUT2D eigenvalue weighted by atomic mass is 10.1. The van der Waals surface area contributed by atoms with Gasteiger partial charge in [0.25, 0.3) is 0 Å². The van der Waals surface area contributed by atoms with Crippen LogP contribution in [0.2, 0.25) is 0 Å². The van der Waals surface area contributed by atoms with Crippen molar-refractivity contribution < 1.29 is 4.79 Å². The molecular formula is C11H19N3O. The van der Waals surface area contributed by atoms with E-state index in [0.29, 0.717) is 11.8 Å². The molecule has 0 radical (unpaired) electrons. The summed E-state index contributed by atoms with van der Waals surface area (Å²) in [5.74, 6) is 1.29. The topological polar surface area (TPSA) is 58.7 Å². The molecular weight excluding hydrogens is 190 g/mol. The van der Waals surface area contributed by atoms with Crippen LogP contribution in [0.3, 0.4) is 0 Å². The number of hydrogen-bond donors (Lipinski definition) is 1. The van der Waals surface area contributed by atoms with Crippen molar-refractivity contribution in [1.29, 1.82) is 0 Å². The molecule has 0 aromatic carbocycles. The normalized spacial score (nSPS) is 22.9. The molecule has 0 aromatic heterocycles. The molecule has 1 aliphatic carbocycles. The van der Waals surface area contributed by atoms with Gasteiger partial charge in [0.1, 0.15) is 6.54 Å². The van der Waals surface area contributed by atoms with E-state index in [-0.39, 0.29) is 12.5 Å². The monoisotopic (exact) mass is 209 g/mol. The van der Waals surface area contributed by atoms with Crippen LogP contribution in [-0.2, 0) is 4.79 Å². The first-order chi connectivity index (χ1) is 7.27. The third-order valence-electron chi connectivity index (χ3n) is 3.10. The Morgan fingerprint density at radius 1 is 1.27 bits per heavy atom. The number of amides is 1. The number of piperidine rings is 1. The van der Waals surface area contributed by atoms with Crippen molar-refractivity contribution in [3.05, 3.63) is 0 Å². The van der Waals surface area contributed by atoms with E-state index >= 15 is 0 Å². The molecule has 0 unspecified atom stereocenters. The zero-order valence-corrected chi connectivity index (χ0v) is 9.11. The Morgan fingerprint density at radius 3 is 2.53 bits per heavy atom. The van der Waals surface area contributed by atoms with Crippen LogP contribution in [0.15, 0.2) is 4.99 Å². The molecule has 2 fully saturated rings. The first kappa shape index (κ1) is 10.5. The van der Waals surface area contributed by atoms with Crippen LogP contribution in [0.25, 0.3) is 0 Å². The van der Waals surface area contributed by atoms with Crippen molar-refractivity contribution in [2.75, 3.05) is 19.6 Å². The van der Waals surface area contributed by atoms with E-state index < -0.39 is 0 Å². The third kappa shape index (κ3) is 2.94. The van der Waals surface area contributed by atoms with Crippen LogP contribution in [0.4, 0.5) is 0 Å². The summed E-state index contributed by atoms with van der Waals surface area (Å²) >= 11 is 0. The predicted octanol–water partition coefficient (Wildman–Crippen LogP) is 0.766. The number of rotatable bonds is 3. The zero-order chi connectivity index (χ0) is 10.7. The van der Waals surface area contributed by atoms with Crippen molar-refractivity contribution >= 4 is 11.7 Å². The molecule has 0 bridgehead atoms. The number of nitrogens with zero attached hydrogens (tertiary/aromatic N) is 2. The fraction of sp³-hybridized carbons (Fsp3) is 0.818. The van der Waals surface area contributed by atoms with Crippen molar-refractivity contribution in [2.24, 2.45) is 16.6 Å². The Balaban J connectivity index is 1.77. The fourth-order valence-electron chi connectivity index (χ4n) is 1.91. The van der Waals surface area contributed by atoms with Crippen LogP contribution < -0.4 is 5.73 Å². The average Bonchev–Trinajstić information content (AvgIpc) is 3.10.